The summed E-state index contributed by atoms with van der Waals surface area (Å²) < 4.78 is 43.2. The first-order chi connectivity index (χ1) is 16.2. The van der Waals surface area contributed by atoms with Crippen molar-refractivity contribution >= 4 is 27.6 Å². The predicted molar refractivity (Wildman–Crippen MR) is 125 cm³/mol. The SMILES string of the molecule is CN(Cc1ccc(N(C)C)cc1)C(=O)COC(=O)CNS(=O)(=O)c1ccc2c(c1)OCCCO2. The number of benzene rings is 2. The van der Waals surface area contributed by atoms with Crippen LogP contribution in [0.2, 0.25) is 0 Å². The van der Waals surface area contributed by atoms with E-state index in [0.717, 1.165) is 11.3 Å². The molecule has 1 heterocycles. The minimum atomic E-state index is -3.99. The van der Waals surface area contributed by atoms with Crippen LogP contribution in [0.15, 0.2) is 47.4 Å². The number of nitrogens with one attached hydrogen (secondary N) is 1. The van der Waals surface area contributed by atoms with Crippen LogP contribution in [0.25, 0.3) is 0 Å². The fourth-order valence-electron chi connectivity index (χ4n) is 3.11. The molecule has 0 spiro atoms. The highest BCUT2D eigenvalue weighted by atomic mass is 32.2. The molecule has 1 amide bonds. The molecule has 0 radical (unpaired) electrons. The molecule has 0 unspecified atom stereocenters. The molecular formula is C23H29N3O7S. The maximum absolute atomic E-state index is 12.5. The maximum atomic E-state index is 12.5. The Balaban J connectivity index is 1.47. The molecular weight excluding hydrogens is 462 g/mol. The van der Waals surface area contributed by atoms with E-state index in [-0.39, 0.29) is 4.90 Å². The second-order valence-electron chi connectivity index (χ2n) is 7.95. The van der Waals surface area contributed by atoms with Crippen LogP contribution in [-0.2, 0) is 30.9 Å². The van der Waals surface area contributed by atoms with Gasteiger partial charge in [0.1, 0.15) is 6.54 Å². The zero-order chi connectivity index (χ0) is 24.7. The van der Waals surface area contributed by atoms with Gasteiger partial charge >= 0.3 is 5.97 Å². The summed E-state index contributed by atoms with van der Waals surface area (Å²) in [6.07, 6.45) is 0.692. The lowest BCUT2D eigenvalue weighted by Crippen LogP contribution is -2.34. The molecule has 2 aromatic rings. The second-order valence-corrected chi connectivity index (χ2v) is 9.72. The van der Waals surface area contributed by atoms with Crippen LogP contribution >= 0.6 is 0 Å². The Hall–Kier alpha value is -3.31. The van der Waals surface area contributed by atoms with Gasteiger partial charge in [0.2, 0.25) is 10.0 Å². The van der Waals surface area contributed by atoms with Gasteiger partial charge in [-0.1, -0.05) is 12.1 Å². The Bertz CT molecular complexity index is 1120. The van der Waals surface area contributed by atoms with E-state index in [4.69, 9.17) is 14.2 Å². The van der Waals surface area contributed by atoms with E-state index in [0.29, 0.717) is 37.7 Å². The number of sulfonamides is 1. The van der Waals surface area contributed by atoms with E-state index in [1.54, 1.807) is 7.05 Å². The molecule has 0 aromatic heterocycles. The summed E-state index contributed by atoms with van der Waals surface area (Å²) in [5.74, 6) is -0.481. The van der Waals surface area contributed by atoms with Crippen LogP contribution in [0, 0.1) is 0 Å². The van der Waals surface area contributed by atoms with Gasteiger partial charge in [-0.15, -0.1) is 0 Å². The Kier molecular flexibility index (Phi) is 8.35. The largest absolute Gasteiger partial charge is 0.490 e. The van der Waals surface area contributed by atoms with Crippen molar-refractivity contribution in [2.45, 2.75) is 17.9 Å². The van der Waals surface area contributed by atoms with Gasteiger partial charge in [-0.3, -0.25) is 9.59 Å². The lowest BCUT2D eigenvalue weighted by atomic mass is 10.2. The minimum Gasteiger partial charge on any atom is -0.490 e. The summed E-state index contributed by atoms with van der Waals surface area (Å²) in [4.78, 5) is 27.6. The van der Waals surface area contributed by atoms with E-state index in [9.17, 15) is 18.0 Å². The van der Waals surface area contributed by atoms with Crippen molar-refractivity contribution in [3.8, 4) is 11.5 Å². The first kappa shape index (κ1) is 25.3. The molecule has 0 bridgehead atoms. The number of carbonyl (C=O) groups excluding carboxylic acids is 2. The van der Waals surface area contributed by atoms with E-state index < -0.39 is 35.1 Å². The first-order valence-electron chi connectivity index (χ1n) is 10.7. The third-order valence-electron chi connectivity index (χ3n) is 5.09. The van der Waals surface area contributed by atoms with Crippen molar-refractivity contribution in [1.29, 1.82) is 0 Å². The fraction of sp³-hybridized carbons (Fsp3) is 0.391. The monoisotopic (exact) mass is 491 g/mol. The molecule has 0 saturated carbocycles. The van der Waals surface area contributed by atoms with Gasteiger partial charge in [0, 0.05) is 45.9 Å². The molecule has 1 aliphatic heterocycles. The highest BCUT2D eigenvalue weighted by Gasteiger charge is 2.20. The lowest BCUT2D eigenvalue weighted by molar-refractivity contribution is -0.150. The number of amides is 1. The minimum absolute atomic E-state index is 0.0688. The van der Waals surface area contributed by atoms with Crippen molar-refractivity contribution < 1.29 is 32.2 Å². The average Bonchev–Trinajstić information content (AvgIpc) is 3.06. The van der Waals surface area contributed by atoms with Gasteiger partial charge in [0.15, 0.2) is 18.1 Å². The van der Waals surface area contributed by atoms with Crippen molar-refractivity contribution in [3.05, 3.63) is 48.0 Å². The maximum Gasteiger partial charge on any atom is 0.321 e. The van der Waals surface area contributed by atoms with Crippen LogP contribution in [0.4, 0.5) is 5.69 Å². The summed E-state index contributed by atoms with van der Waals surface area (Å²) in [5, 5.41) is 0. The zero-order valence-electron chi connectivity index (χ0n) is 19.4. The van der Waals surface area contributed by atoms with Gasteiger partial charge in [-0.2, -0.15) is 4.72 Å². The molecule has 2 aromatic carbocycles. The molecule has 34 heavy (non-hydrogen) atoms. The predicted octanol–water partition coefficient (Wildman–Crippen LogP) is 1.39. The van der Waals surface area contributed by atoms with Crippen LogP contribution < -0.4 is 19.1 Å². The number of ether oxygens (including phenoxy) is 3. The van der Waals surface area contributed by atoms with E-state index in [1.807, 2.05) is 43.3 Å². The number of esters is 1. The topological polar surface area (TPSA) is 114 Å². The number of hydrogen-bond donors (Lipinski definition) is 1. The van der Waals surface area contributed by atoms with Gasteiger partial charge in [0.25, 0.3) is 5.91 Å². The number of nitrogens with zero attached hydrogens (tertiary/aromatic N) is 2. The van der Waals surface area contributed by atoms with Crippen LogP contribution in [0.5, 0.6) is 11.5 Å². The van der Waals surface area contributed by atoms with Crippen molar-refractivity contribution in [3.63, 3.8) is 0 Å². The molecule has 0 fully saturated rings. The Morgan fingerprint density at radius 3 is 2.35 bits per heavy atom. The Morgan fingerprint density at radius 1 is 1.00 bits per heavy atom. The lowest BCUT2D eigenvalue weighted by Gasteiger charge is -2.18. The molecule has 3 rings (SSSR count). The smallest absolute Gasteiger partial charge is 0.321 e. The first-order valence-corrected chi connectivity index (χ1v) is 12.2. The quantitative estimate of drug-likeness (QED) is 0.524. The normalized spacial score (nSPS) is 13.0. The summed E-state index contributed by atoms with van der Waals surface area (Å²) in [7, 11) is 1.49. The second kappa shape index (κ2) is 11.2. The van der Waals surface area contributed by atoms with Gasteiger partial charge in [-0.05, 0) is 29.8 Å². The van der Waals surface area contributed by atoms with E-state index in [1.165, 1.54) is 23.1 Å². The highest BCUT2D eigenvalue weighted by molar-refractivity contribution is 7.89. The third kappa shape index (κ3) is 6.84. The molecule has 10 nitrogen and oxygen atoms in total. The van der Waals surface area contributed by atoms with Crippen molar-refractivity contribution in [2.24, 2.45) is 0 Å². The number of carbonyl (C=O) groups is 2. The summed E-state index contributed by atoms with van der Waals surface area (Å²) in [6, 6.07) is 11.9. The molecule has 0 atom stereocenters. The fourth-order valence-corrected chi connectivity index (χ4v) is 4.10. The van der Waals surface area contributed by atoms with Crippen LogP contribution in [0.1, 0.15) is 12.0 Å². The molecule has 1 N–H and O–H groups in total. The average molecular weight is 492 g/mol. The molecule has 1 aliphatic rings. The standard InChI is InChI=1S/C23H29N3O7S/c1-25(2)18-7-5-17(6-8-18)15-26(3)22(27)16-33-23(28)14-24-34(29,30)19-9-10-20-21(13-19)32-12-4-11-31-20/h5-10,13,24H,4,11-12,14-16H2,1-3H3. The molecule has 184 valence electrons. The van der Waals surface area contributed by atoms with Gasteiger partial charge in [0.05, 0.1) is 18.1 Å². The highest BCUT2D eigenvalue weighted by Crippen LogP contribution is 2.31. The summed E-state index contributed by atoms with van der Waals surface area (Å²) in [6.45, 7) is 0.150. The number of rotatable bonds is 9. The van der Waals surface area contributed by atoms with E-state index in [2.05, 4.69) is 4.72 Å². The zero-order valence-corrected chi connectivity index (χ0v) is 20.3. The summed E-state index contributed by atoms with van der Waals surface area (Å²) >= 11 is 0. The van der Waals surface area contributed by atoms with Crippen molar-refractivity contribution in [2.75, 3.05) is 52.4 Å². The van der Waals surface area contributed by atoms with Crippen LogP contribution in [0.3, 0.4) is 0 Å². The Morgan fingerprint density at radius 2 is 1.68 bits per heavy atom. The molecule has 0 aliphatic carbocycles. The third-order valence-corrected chi connectivity index (χ3v) is 6.49. The van der Waals surface area contributed by atoms with Crippen LogP contribution in [-0.4, -0.2) is 72.7 Å². The Labute approximate surface area is 199 Å². The molecule has 11 heteroatoms. The number of anilines is 1. The number of likely N-dealkylation sites (N-methyl/N-ethyl adjacent to an activating group) is 1. The van der Waals surface area contributed by atoms with Gasteiger partial charge in [-0.25, -0.2) is 8.42 Å². The van der Waals surface area contributed by atoms with E-state index >= 15 is 0 Å². The number of fused-ring (bicyclic) bond motifs is 1. The number of hydrogen-bond acceptors (Lipinski definition) is 8. The molecule has 0 saturated heterocycles. The summed E-state index contributed by atoms with van der Waals surface area (Å²) in [5.41, 5.74) is 1.97. The van der Waals surface area contributed by atoms with Gasteiger partial charge < -0.3 is 24.0 Å². The van der Waals surface area contributed by atoms with Crippen molar-refractivity contribution in [1.82, 2.24) is 9.62 Å².